The Bertz CT molecular complexity index is 1640. The molecule has 68 heavy (non-hydrogen) atoms. The number of allylic oxidation sites excluding steroid dienone is 8. The van der Waals surface area contributed by atoms with Crippen LogP contribution in [0.1, 0.15) is 238 Å². The highest BCUT2D eigenvalue weighted by atomic mass is 19.1. The summed E-state index contributed by atoms with van der Waals surface area (Å²) >= 11 is 0. The quantitative estimate of drug-likeness (QED) is 0.0931. The predicted octanol–water partition coefficient (Wildman–Crippen LogP) is 20.0. The average Bonchev–Trinajstić information content (AvgIpc) is 3.28. The van der Waals surface area contributed by atoms with Crippen molar-refractivity contribution in [1.82, 2.24) is 5.32 Å². The fourth-order valence-corrected chi connectivity index (χ4v) is 8.07. The third-order valence-corrected chi connectivity index (χ3v) is 12.2. The molecule has 0 bridgehead atoms. The summed E-state index contributed by atoms with van der Waals surface area (Å²) in [5, 5.41) is 3.17. The van der Waals surface area contributed by atoms with Crippen LogP contribution in [0.3, 0.4) is 0 Å². The number of nitrogens with one attached hydrogen (secondary N) is 1. The molecular formula is C63H111FN2O2. The van der Waals surface area contributed by atoms with Gasteiger partial charge in [0.05, 0.1) is 30.0 Å². The molecule has 1 saturated carbocycles. The van der Waals surface area contributed by atoms with Crippen molar-refractivity contribution in [2.45, 2.75) is 234 Å². The van der Waals surface area contributed by atoms with E-state index in [9.17, 15) is 9.18 Å². The standard InChI is InChI=1S/C37H53FN2O.C8H16.C7H16.C4H8O.C4H10.C3H8/c1-12-18-34(33(38)17-6)40-30(11)29(10)35(39-23-15-4)25-27(8)31-19-20-32(28(9)24-31)37(21-13-2,22-14-3)36(41)26(7)16-5;1-3-4-8-5-7(2)6-8;1-4-6-7(3)5-2;1-4-2-5-3-4;1-4(2)3;1-3-2/h12,17-20,23-26,40H,6,8,13-16,21-22H2,1-5,7,9-11H3;7-8H,3-6H2,1-2H3;7H,4-6H2,1-3H3;4H,2-3H2,1H3;4H,1-3H3;3H2,1-2H3/b18-12-,30-29+,34-33-,35-25+,39-23?;;;;;. The van der Waals surface area contributed by atoms with Gasteiger partial charge in [-0.15, -0.1) is 0 Å². The first kappa shape index (κ1) is 69.0. The zero-order valence-electron chi connectivity index (χ0n) is 48.5. The summed E-state index contributed by atoms with van der Waals surface area (Å²) in [5.74, 6) is 4.74. The smallest absolute Gasteiger partial charge is 0.146 e. The minimum atomic E-state index is -0.462. The number of ketones is 1. The molecule has 2 aliphatic rings. The van der Waals surface area contributed by atoms with E-state index in [4.69, 9.17) is 9.73 Å². The number of carbonyl (C=O) groups excluding carboxylic acids is 1. The van der Waals surface area contributed by atoms with Gasteiger partial charge in [0.2, 0.25) is 0 Å². The highest BCUT2D eigenvalue weighted by Crippen LogP contribution is 2.41. The van der Waals surface area contributed by atoms with Gasteiger partial charge in [0.1, 0.15) is 11.6 Å². The second-order valence-electron chi connectivity index (χ2n) is 20.5. The van der Waals surface area contributed by atoms with Crippen LogP contribution < -0.4 is 5.32 Å². The molecule has 1 aromatic carbocycles. The molecule has 1 aliphatic heterocycles. The topological polar surface area (TPSA) is 50.7 Å². The molecule has 0 spiro atoms. The number of nitrogens with zero attached hydrogens (tertiary/aromatic N) is 1. The van der Waals surface area contributed by atoms with Crippen LogP contribution in [0.15, 0.2) is 89.1 Å². The van der Waals surface area contributed by atoms with Crippen LogP contribution in [-0.4, -0.2) is 25.2 Å². The summed E-state index contributed by atoms with van der Waals surface area (Å²) in [5.41, 5.74) is 6.35. The number of aliphatic imine (C=N–C) groups is 1. The lowest BCUT2D eigenvalue weighted by Gasteiger charge is -2.36. The van der Waals surface area contributed by atoms with Crippen LogP contribution in [0.25, 0.3) is 5.57 Å². The first-order valence-electron chi connectivity index (χ1n) is 27.4. The maximum atomic E-state index is 14.4. The predicted molar refractivity (Wildman–Crippen MR) is 305 cm³/mol. The number of Topliss-reactive ketones (excluding diaryl/α,β-unsaturated/α-hetero) is 1. The van der Waals surface area contributed by atoms with Crippen molar-refractivity contribution in [3.05, 3.63) is 101 Å². The SMILES string of the molecule is C=C/C(F)=C(\C=C/C)N/C(C)=C(C)/C(=C\C(=C)c1ccc(C(CCC)(CCC)C(=O)C(C)CC)c(C)c1)N=CCC.CC(C)C.CC1COC1.CCC.CCCC(C)CC.CCCC1CC(C)C1. The molecular weight excluding hydrogens is 836 g/mol. The Morgan fingerprint density at radius 3 is 1.79 bits per heavy atom. The molecule has 2 fully saturated rings. The van der Waals surface area contributed by atoms with E-state index in [1.54, 1.807) is 12.2 Å². The Balaban J connectivity index is -0.00000124. The average molecular weight is 948 g/mol. The molecule has 3 rings (SSSR count). The Kier molecular flexibility index (Phi) is 42.1. The number of hydrogen-bond donors (Lipinski definition) is 1. The zero-order valence-corrected chi connectivity index (χ0v) is 48.5. The molecule has 392 valence electrons. The molecule has 2 unspecified atom stereocenters. The maximum Gasteiger partial charge on any atom is 0.146 e. The van der Waals surface area contributed by atoms with E-state index in [-0.39, 0.29) is 5.92 Å². The first-order valence-corrected chi connectivity index (χ1v) is 27.4. The lowest BCUT2D eigenvalue weighted by Crippen LogP contribution is -2.40. The lowest BCUT2D eigenvalue weighted by atomic mass is 9.65. The second kappa shape index (κ2) is 41.5. The Hall–Kier alpha value is -3.31. The third-order valence-electron chi connectivity index (χ3n) is 12.2. The van der Waals surface area contributed by atoms with Gasteiger partial charge in [0, 0.05) is 23.7 Å². The highest BCUT2D eigenvalue weighted by Gasteiger charge is 2.41. The van der Waals surface area contributed by atoms with E-state index in [0.29, 0.717) is 11.5 Å². The Morgan fingerprint density at radius 2 is 1.44 bits per heavy atom. The van der Waals surface area contributed by atoms with Crippen LogP contribution in [-0.2, 0) is 14.9 Å². The van der Waals surface area contributed by atoms with Crippen LogP contribution in [0, 0.1) is 42.4 Å². The first-order chi connectivity index (χ1) is 32.1. The minimum Gasteiger partial charge on any atom is -0.381 e. The fraction of sp³-hybridized carbons (Fsp3) is 0.683. The van der Waals surface area contributed by atoms with Gasteiger partial charge in [0.25, 0.3) is 0 Å². The van der Waals surface area contributed by atoms with E-state index in [1.165, 1.54) is 57.4 Å². The molecule has 1 heterocycles. The molecule has 1 aromatic rings. The Morgan fingerprint density at radius 1 is 0.897 bits per heavy atom. The van der Waals surface area contributed by atoms with Crippen LogP contribution in [0.5, 0.6) is 0 Å². The third kappa shape index (κ3) is 29.0. The van der Waals surface area contributed by atoms with Gasteiger partial charge in [-0.1, -0.05) is 200 Å². The molecule has 1 saturated heterocycles. The molecule has 0 aromatic heterocycles. The number of aryl methyl sites for hydroxylation is 1. The summed E-state index contributed by atoms with van der Waals surface area (Å²) in [6, 6.07) is 6.38. The van der Waals surface area contributed by atoms with Crippen LogP contribution in [0.4, 0.5) is 4.39 Å². The lowest BCUT2D eigenvalue weighted by molar-refractivity contribution is -0.129. The Labute approximate surface area is 423 Å². The van der Waals surface area contributed by atoms with E-state index < -0.39 is 11.2 Å². The zero-order chi connectivity index (χ0) is 52.8. The minimum absolute atomic E-state index is 0.0267. The molecule has 0 radical (unpaired) electrons. The van der Waals surface area contributed by atoms with Gasteiger partial charge in [-0.05, 0) is 136 Å². The fourth-order valence-electron chi connectivity index (χ4n) is 8.07. The van der Waals surface area contributed by atoms with Crippen molar-refractivity contribution in [2.24, 2.45) is 40.5 Å². The van der Waals surface area contributed by atoms with Crippen molar-refractivity contribution >= 4 is 17.6 Å². The number of halogens is 1. The highest BCUT2D eigenvalue weighted by molar-refractivity contribution is 5.92. The van der Waals surface area contributed by atoms with Crippen molar-refractivity contribution in [2.75, 3.05) is 13.2 Å². The molecule has 2 atom stereocenters. The molecule has 4 nitrogen and oxygen atoms in total. The van der Waals surface area contributed by atoms with E-state index >= 15 is 0 Å². The summed E-state index contributed by atoms with van der Waals surface area (Å²) in [6.45, 7) is 52.6. The van der Waals surface area contributed by atoms with Gasteiger partial charge in [-0.25, -0.2) is 4.39 Å². The number of ether oxygens (including phenoxy) is 1. The van der Waals surface area contributed by atoms with Crippen molar-refractivity contribution < 1.29 is 13.9 Å². The summed E-state index contributed by atoms with van der Waals surface area (Å²) in [6.07, 6.45) is 24.9. The number of benzene rings is 1. The number of hydrogen-bond acceptors (Lipinski definition) is 4. The van der Waals surface area contributed by atoms with Gasteiger partial charge in [0.15, 0.2) is 0 Å². The molecule has 1 aliphatic carbocycles. The van der Waals surface area contributed by atoms with E-state index in [0.717, 1.165) is 121 Å². The maximum absolute atomic E-state index is 14.4. The normalized spacial score (nSPS) is 17.3. The van der Waals surface area contributed by atoms with Crippen molar-refractivity contribution in [1.29, 1.82) is 0 Å². The number of carbonyl (C=O) groups is 1. The van der Waals surface area contributed by atoms with Gasteiger partial charge >= 0.3 is 0 Å². The van der Waals surface area contributed by atoms with Crippen LogP contribution in [0.2, 0.25) is 0 Å². The summed E-state index contributed by atoms with van der Waals surface area (Å²) < 4.78 is 19.2. The van der Waals surface area contributed by atoms with E-state index in [2.05, 4.69) is 147 Å². The largest absolute Gasteiger partial charge is 0.381 e. The van der Waals surface area contributed by atoms with Gasteiger partial charge < -0.3 is 10.1 Å². The van der Waals surface area contributed by atoms with Gasteiger partial charge in [-0.3, -0.25) is 9.79 Å². The monoisotopic (exact) mass is 947 g/mol. The molecule has 5 heteroatoms. The summed E-state index contributed by atoms with van der Waals surface area (Å²) in [7, 11) is 0. The second-order valence-corrected chi connectivity index (χ2v) is 20.5. The summed E-state index contributed by atoms with van der Waals surface area (Å²) in [4.78, 5) is 18.5. The van der Waals surface area contributed by atoms with Gasteiger partial charge in [-0.2, -0.15) is 0 Å². The molecule has 0 amide bonds. The number of rotatable bonds is 22. The molecule has 1 N–H and O–H groups in total. The van der Waals surface area contributed by atoms with Crippen LogP contribution >= 0.6 is 0 Å². The van der Waals surface area contributed by atoms with E-state index in [1.807, 2.05) is 40.0 Å². The van der Waals surface area contributed by atoms with Crippen molar-refractivity contribution in [3.8, 4) is 0 Å². The van der Waals surface area contributed by atoms with Crippen molar-refractivity contribution in [3.63, 3.8) is 0 Å².